The Morgan fingerprint density at radius 3 is 2.36 bits per heavy atom. The average Bonchev–Trinajstić information content (AvgIpc) is 3.17. The first-order valence-electron chi connectivity index (χ1n) is 8.69. The molecule has 150 valence electrons. The fraction of sp³-hybridized carbons (Fsp3) is 0.316. The monoisotopic (exact) mass is 412 g/mol. The quantitative estimate of drug-likeness (QED) is 0.824. The van der Waals surface area contributed by atoms with Crippen molar-refractivity contribution < 1.29 is 26.4 Å². The fourth-order valence-corrected chi connectivity index (χ4v) is 4.89. The van der Waals surface area contributed by atoms with Crippen molar-refractivity contribution in [3.8, 4) is 0 Å². The first-order valence-corrected chi connectivity index (χ1v) is 10.1. The van der Waals surface area contributed by atoms with E-state index in [0.717, 1.165) is 25.0 Å². The molecule has 0 unspecified atom stereocenters. The summed E-state index contributed by atoms with van der Waals surface area (Å²) in [6.07, 6.45) is -3.08. The van der Waals surface area contributed by atoms with Crippen LogP contribution in [0.2, 0.25) is 0 Å². The lowest BCUT2D eigenvalue weighted by Crippen LogP contribution is -2.28. The minimum atomic E-state index is -4.62. The number of alkyl halides is 3. The highest BCUT2D eigenvalue weighted by Gasteiger charge is 2.34. The maximum Gasteiger partial charge on any atom is 0.418 e. The van der Waals surface area contributed by atoms with Crippen LogP contribution in [-0.2, 0) is 16.2 Å². The number of para-hydroxylation sites is 1. The summed E-state index contributed by atoms with van der Waals surface area (Å²) in [7, 11) is -3.76. The zero-order valence-electron chi connectivity index (χ0n) is 15.1. The Morgan fingerprint density at radius 1 is 1.07 bits per heavy atom. The van der Waals surface area contributed by atoms with Gasteiger partial charge in [-0.3, -0.25) is 4.79 Å². The molecule has 0 radical (unpaired) electrons. The summed E-state index contributed by atoms with van der Waals surface area (Å²) in [5.41, 5.74) is -0.913. The Kier molecular flexibility index (Phi) is 5.49. The van der Waals surface area contributed by atoms with Crippen LogP contribution in [0.1, 0.15) is 34.3 Å². The van der Waals surface area contributed by atoms with Crippen LogP contribution < -0.4 is 5.32 Å². The van der Waals surface area contributed by atoms with Crippen molar-refractivity contribution >= 4 is 21.6 Å². The number of aryl methyl sites for hydroxylation is 1. The molecule has 2 aromatic carbocycles. The second-order valence-corrected chi connectivity index (χ2v) is 8.50. The van der Waals surface area contributed by atoms with Gasteiger partial charge in [0.15, 0.2) is 0 Å². The summed E-state index contributed by atoms with van der Waals surface area (Å²) in [6.45, 7) is 2.44. The highest BCUT2D eigenvalue weighted by molar-refractivity contribution is 7.89. The molecule has 1 saturated heterocycles. The maximum absolute atomic E-state index is 13.1. The number of rotatable bonds is 4. The van der Waals surface area contributed by atoms with E-state index in [2.05, 4.69) is 5.32 Å². The van der Waals surface area contributed by atoms with Gasteiger partial charge in [0.25, 0.3) is 5.91 Å². The minimum Gasteiger partial charge on any atom is -0.321 e. The van der Waals surface area contributed by atoms with Crippen LogP contribution in [0.25, 0.3) is 0 Å². The van der Waals surface area contributed by atoms with Crippen molar-refractivity contribution in [3.63, 3.8) is 0 Å². The third-order valence-electron chi connectivity index (χ3n) is 4.61. The number of hydrogen-bond donors (Lipinski definition) is 1. The zero-order chi connectivity index (χ0) is 20.5. The molecule has 9 heteroatoms. The number of anilines is 1. The number of amides is 1. The molecular formula is C19H19F3N2O3S. The van der Waals surface area contributed by atoms with Crippen LogP contribution >= 0.6 is 0 Å². The van der Waals surface area contributed by atoms with E-state index in [-0.39, 0.29) is 16.1 Å². The van der Waals surface area contributed by atoms with Crippen molar-refractivity contribution in [1.29, 1.82) is 0 Å². The van der Waals surface area contributed by atoms with Gasteiger partial charge >= 0.3 is 6.18 Å². The molecule has 2 aromatic rings. The lowest BCUT2D eigenvalue weighted by atomic mass is 10.1. The molecule has 0 saturated carbocycles. The van der Waals surface area contributed by atoms with Crippen molar-refractivity contribution in [2.75, 3.05) is 18.4 Å². The van der Waals surface area contributed by atoms with E-state index >= 15 is 0 Å². The third-order valence-corrected chi connectivity index (χ3v) is 6.65. The SMILES string of the molecule is Cc1ccc(C(=O)Nc2ccccc2C(F)(F)F)cc1S(=O)(=O)N1CCCC1. The van der Waals surface area contributed by atoms with Gasteiger partial charge in [-0.2, -0.15) is 17.5 Å². The van der Waals surface area contributed by atoms with Gasteiger partial charge in [-0.15, -0.1) is 0 Å². The number of nitrogens with zero attached hydrogens (tertiary/aromatic N) is 1. The highest BCUT2D eigenvalue weighted by atomic mass is 32.2. The molecule has 1 heterocycles. The van der Waals surface area contributed by atoms with Gasteiger partial charge in [-0.25, -0.2) is 8.42 Å². The average molecular weight is 412 g/mol. The topological polar surface area (TPSA) is 66.5 Å². The van der Waals surface area contributed by atoms with Gasteiger partial charge in [0.05, 0.1) is 16.1 Å². The van der Waals surface area contributed by atoms with Crippen molar-refractivity contribution in [1.82, 2.24) is 4.31 Å². The molecule has 1 aliphatic rings. The van der Waals surface area contributed by atoms with Crippen LogP contribution in [0.3, 0.4) is 0 Å². The van der Waals surface area contributed by atoms with Gasteiger partial charge in [0, 0.05) is 18.7 Å². The van der Waals surface area contributed by atoms with Gasteiger partial charge < -0.3 is 5.32 Å². The Bertz CT molecular complexity index is 998. The Labute approximate surface area is 161 Å². The van der Waals surface area contributed by atoms with Crippen LogP contribution in [-0.4, -0.2) is 31.7 Å². The molecule has 1 aliphatic heterocycles. The molecule has 1 fully saturated rings. The largest absolute Gasteiger partial charge is 0.418 e. The Hall–Kier alpha value is -2.39. The highest BCUT2D eigenvalue weighted by Crippen LogP contribution is 2.35. The van der Waals surface area contributed by atoms with Crippen molar-refractivity contribution in [3.05, 3.63) is 59.2 Å². The lowest BCUT2D eigenvalue weighted by molar-refractivity contribution is -0.136. The minimum absolute atomic E-state index is 0.00819. The standard InChI is InChI=1S/C19H19F3N2O3S/c1-13-8-9-14(12-17(13)28(26,27)24-10-4-5-11-24)18(25)23-16-7-3-2-6-15(16)19(20,21)22/h2-3,6-9,12H,4-5,10-11H2,1H3,(H,23,25). The molecular weight excluding hydrogens is 393 g/mol. The number of halogens is 3. The van der Waals surface area contributed by atoms with Crippen LogP contribution in [0, 0.1) is 6.92 Å². The summed E-state index contributed by atoms with van der Waals surface area (Å²) in [5, 5.41) is 2.23. The van der Waals surface area contributed by atoms with Gasteiger partial charge in [-0.1, -0.05) is 18.2 Å². The summed E-state index contributed by atoms with van der Waals surface area (Å²) in [4.78, 5) is 12.5. The normalized spacial score (nSPS) is 15.6. The van der Waals surface area contributed by atoms with E-state index in [0.29, 0.717) is 18.7 Å². The summed E-state index contributed by atoms with van der Waals surface area (Å²) >= 11 is 0. The predicted molar refractivity (Wildman–Crippen MR) is 98.6 cm³/mol. The molecule has 0 spiro atoms. The molecule has 3 rings (SSSR count). The third kappa shape index (κ3) is 4.05. The second kappa shape index (κ2) is 7.56. The summed E-state index contributed by atoms with van der Waals surface area (Å²) < 4.78 is 66.3. The number of benzene rings is 2. The molecule has 0 atom stereocenters. The lowest BCUT2D eigenvalue weighted by Gasteiger charge is -2.18. The van der Waals surface area contributed by atoms with E-state index in [1.807, 2.05) is 0 Å². The molecule has 1 amide bonds. The number of sulfonamides is 1. The molecule has 0 bridgehead atoms. The first-order chi connectivity index (χ1) is 13.1. The van der Waals surface area contributed by atoms with E-state index in [9.17, 15) is 26.4 Å². The van der Waals surface area contributed by atoms with Gasteiger partial charge in [0.1, 0.15) is 0 Å². The maximum atomic E-state index is 13.1. The molecule has 5 nitrogen and oxygen atoms in total. The number of hydrogen-bond acceptors (Lipinski definition) is 3. The van der Waals surface area contributed by atoms with E-state index in [1.165, 1.54) is 34.6 Å². The fourth-order valence-electron chi connectivity index (χ4n) is 3.12. The summed E-state index contributed by atoms with van der Waals surface area (Å²) in [6, 6.07) is 8.71. The Balaban J connectivity index is 1.92. The second-order valence-electron chi connectivity index (χ2n) is 6.59. The Morgan fingerprint density at radius 2 is 1.71 bits per heavy atom. The van der Waals surface area contributed by atoms with Gasteiger partial charge in [0.2, 0.25) is 10.0 Å². The number of nitrogens with one attached hydrogen (secondary N) is 1. The number of carbonyl (C=O) groups excluding carboxylic acids is 1. The van der Waals surface area contributed by atoms with E-state index < -0.39 is 27.7 Å². The number of carbonyl (C=O) groups is 1. The first kappa shape index (κ1) is 20.3. The molecule has 0 aliphatic carbocycles. The molecule has 1 N–H and O–H groups in total. The summed E-state index contributed by atoms with van der Waals surface area (Å²) in [5.74, 6) is -0.811. The van der Waals surface area contributed by atoms with Crippen molar-refractivity contribution in [2.24, 2.45) is 0 Å². The molecule has 28 heavy (non-hydrogen) atoms. The van der Waals surface area contributed by atoms with Crippen molar-refractivity contribution in [2.45, 2.75) is 30.8 Å². The zero-order valence-corrected chi connectivity index (χ0v) is 15.9. The van der Waals surface area contributed by atoms with Crippen LogP contribution in [0.5, 0.6) is 0 Å². The smallest absolute Gasteiger partial charge is 0.321 e. The predicted octanol–water partition coefficient (Wildman–Crippen LogP) is 4.05. The van der Waals surface area contributed by atoms with Crippen LogP contribution in [0.15, 0.2) is 47.4 Å². The molecule has 0 aromatic heterocycles. The van der Waals surface area contributed by atoms with E-state index in [4.69, 9.17) is 0 Å². The van der Waals surface area contributed by atoms with E-state index in [1.54, 1.807) is 6.92 Å². The van der Waals surface area contributed by atoms with Gasteiger partial charge in [-0.05, 0) is 49.6 Å². The van der Waals surface area contributed by atoms with Crippen LogP contribution in [0.4, 0.5) is 18.9 Å².